The zero-order valence-corrected chi connectivity index (χ0v) is 17.3. The van der Waals surface area contributed by atoms with E-state index in [2.05, 4.69) is 68.7 Å². The number of hydrogen-bond donors (Lipinski definition) is 2. The highest BCUT2D eigenvalue weighted by atomic mass is 15.1. The van der Waals surface area contributed by atoms with Crippen LogP contribution in [0.5, 0.6) is 0 Å². The summed E-state index contributed by atoms with van der Waals surface area (Å²) in [5.74, 6) is 1.23. The van der Waals surface area contributed by atoms with Gasteiger partial charge in [-0.15, -0.1) is 0 Å². The average Bonchev–Trinajstić information content (AvgIpc) is 2.77. The van der Waals surface area contributed by atoms with Gasteiger partial charge in [0.2, 0.25) is 0 Å². The van der Waals surface area contributed by atoms with Gasteiger partial charge in [0.15, 0.2) is 5.69 Å². The summed E-state index contributed by atoms with van der Waals surface area (Å²) < 4.78 is 0. The molecule has 0 radical (unpaired) electrons. The van der Waals surface area contributed by atoms with Crippen molar-refractivity contribution in [3.8, 4) is 17.2 Å². The molecular weight excluding hydrogens is 374 g/mol. The fraction of sp³-hybridized carbons (Fsp3) is 0.304. The standard InChI is InChI=1S/C23H25N7/c1-16-5-3-4-6-19(16)20-14-27-22(29-23-15-25-18(12-24)13-26-23)11-21(20)28-17-7-9-30(2)10-8-17/h3-6,11,13-15,17H,7-10H2,1-2H3,(H2,26,27,28,29). The molecule has 1 aliphatic rings. The number of nitriles is 1. The van der Waals surface area contributed by atoms with Gasteiger partial charge in [-0.05, 0) is 51.0 Å². The lowest BCUT2D eigenvalue weighted by molar-refractivity contribution is 0.264. The Bertz CT molecular complexity index is 1050. The number of pyridine rings is 1. The molecular formula is C23H25N7. The van der Waals surface area contributed by atoms with Gasteiger partial charge >= 0.3 is 0 Å². The lowest BCUT2D eigenvalue weighted by atomic mass is 9.99. The lowest BCUT2D eigenvalue weighted by Gasteiger charge is -2.31. The Morgan fingerprint density at radius 1 is 1.00 bits per heavy atom. The summed E-state index contributed by atoms with van der Waals surface area (Å²) in [5, 5.41) is 15.8. The summed E-state index contributed by atoms with van der Waals surface area (Å²) in [5.41, 5.74) is 4.81. The van der Waals surface area contributed by atoms with Gasteiger partial charge in [0, 0.05) is 29.6 Å². The average molecular weight is 400 g/mol. The first-order valence-corrected chi connectivity index (χ1v) is 10.1. The third-order valence-corrected chi connectivity index (χ3v) is 5.44. The van der Waals surface area contributed by atoms with Crippen molar-refractivity contribution in [1.29, 1.82) is 5.26 Å². The Balaban J connectivity index is 1.64. The van der Waals surface area contributed by atoms with Gasteiger partial charge in [-0.25, -0.2) is 15.0 Å². The monoisotopic (exact) mass is 399 g/mol. The van der Waals surface area contributed by atoms with E-state index in [1.165, 1.54) is 17.3 Å². The van der Waals surface area contributed by atoms with Crippen molar-refractivity contribution < 1.29 is 0 Å². The van der Waals surface area contributed by atoms with Gasteiger partial charge in [-0.2, -0.15) is 5.26 Å². The van der Waals surface area contributed by atoms with Crippen molar-refractivity contribution in [2.45, 2.75) is 25.8 Å². The Hall–Kier alpha value is -3.50. The van der Waals surface area contributed by atoms with E-state index in [0.717, 1.165) is 37.2 Å². The first kappa shape index (κ1) is 19.8. The molecule has 1 aromatic carbocycles. The molecule has 30 heavy (non-hydrogen) atoms. The molecule has 3 heterocycles. The van der Waals surface area contributed by atoms with Crippen LogP contribution in [-0.4, -0.2) is 46.0 Å². The minimum Gasteiger partial charge on any atom is -0.382 e. The van der Waals surface area contributed by atoms with Gasteiger partial charge in [0.1, 0.15) is 17.7 Å². The van der Waals surface area contributed by atoms with Crippen LogP contribution in [0.4, 0.5) is 17.3 Å². The van der Waals surface area contributed by atoms with E-state index in [1.54, 1.807) is 6.20 Å². The molecule has 1 fully saturated rings. The number of benzene rings is 1. The predicted octanol–water partition coefficient (Wildman–Crippen LogP) is 3.97. The van der Waals surface area contributed by atoms with Crippen molar-refractivity contribution in [3.63, 3.8) is 0 Å². The number of anilines is 3. The molecule has 0 bridgehead atoms. The molecule has 7 nitrogen and oxygen atoms in total. The van der Waals surface area contributed by atoms with Crippen LogP contribution >= 0.6 is 0 Å². The summed E-state index contributed by atoms with van der Waals surface area (Å²) in [7, 11) is 2.17. The van der Waals surface area contributed by atoms with E-state index in [9.17, 15) is 0 Å². The number of hydrogen-bond acceptors (Lipinski definition) is 7. The second kappa shape index (κ2) is 8.89. The molecule has 1 aliphatic heterocycles. The number of aryl methyl sites for hydroxylation is 1. The van der Waals surface area contributed by atoms with Crippen molar-refractivity contribution >= 4 is 17.3 Å². The van der Waals surface area contributed by atoms with Crippen LogP contribution in [0.25, 0.3) is 11.1 Å². The highest BCUT2D eigenvalue weighted by Gasteiger charge is 2.19. The zero-order chi connectivity index (χ0) is 20.9. The Morgan fingerprint density at radius 3 is 2.47 bits per heavy atom. The maximum absolute atomic E-state index is 8.89. The van der Waals surface area contributed by atoms with Crippen molar-refractivity contribution in [1.82, 2.24) is 19.9 Å². The molecule has 4 rings (SSSR count). The number of aromatic nitrogens is 3. The Morgan fingerprint density at radius 2 is 1.77 bits per heavy atom. The molecule has 0 aliphatic carbocycles. The topological polar surface area (TPSA) is 89.8 Å². The molecule has 7 heteroatoms. The first-order valence-electron chi connectivity index (χ1n) is 10.1. The van der Waals surface area contributed by atoms with E-state index in [0.29, 0.717) is 17.7 Å². The Kier molecular flexibility index (Phi) is 5.87. The highest BCUT2D eigenvalue weighted by Crippen LogP contribution is 2.33. The molecule has 2 aromatic heterocycles. The molecule has 152 valence electrons. The summed E-state index contributed by atoms with van der Waals surface area (Å²) in [4.78, 5) is 15.3. The van der Waals surface area contributed by atoms with Crippen molar-refractivity contribution in [3.05, 3.63) is 60.2 Å². The number of rotatable bonds is 5. The van der Waals surface area contributed by atoms with Gasteiger partial charge in [-0.1, -0.05) is 24.3 Å². The third-order valence-electron chi connectivity index (χ3n) is 5.44. The normalized spacial score (nSPS) is 14.8. The van der Waals surface area contributed by atoms with E-state index in [-0.39, 0.29) is 5.69 Å². The Labute approximate surface area is 176 Å². The summed E-state index contributed by atoms with van der Waals surface area (Å²) >= 11 is 0. The number of nitrogens with one attached hydrogen (secondary N) is 2. The van der Waals surface area contributed by atoms with Crippen LogP contribution in [0.2, 0.25) is 0 Å². The fourth-order valence-electron chi connectivity index (χ4n) is 3.69. The number of piperidine rings is 1. The second-order valence-corrected chi connectivity index (χ2v) is 7.68. The highest BCUT2D eigenvalue weighted by molar-refractivity contribution is 5.81. The van der Waals surface area contributed by atoms with E-state index in [4.69, 9.17) is 5.26 Å². The maximum Gasteiger partial charge on any atom is 0.158 e. The molecule has 0 atom stereocenters. The van der Waals surface area contributed by atoms with Crippen LogP contribution in [-0.2, 0) is 0 Å². The predicted molar refractivity (Wildman–Crippen MR) is 119 cm³/mol. The van der Waals surface area contributed by atoms with Gasteiger partial charge in [-0.3, -0.25) is 0 Å². The van der Waals surface area contributed by atoms with E-state index in [1.807, 2.05) is 18.3 Å². The summed E-state index contributed by atoms with van der Waals surface area (Å²) in [6, 6.07) is 12.8. The zero-order valence-electron chi connectivity index (χ0n) is 17.3. The summed E-state index contributed by atoms with van der Waals surface area (Å²) in [6.07, 6.45) is 7.10. The molecule has 0 amide bonds. The van der Waals surface area contributed by atoms with Crippen LogP contribution in [0.1, 0.15) is 24.1 Å². The van der Waals surface area contributed by atoms with E-state index >= 15 is 0 Å². The van der Waals surface area contributed by atoms with Gasteiger partial charge in [0.05, 0.1) is 12.4 Å². The van der Waals surface area contributed by atoms with Crippen LogP contribution in [0.15, 0.2) is 48.9 Å². The van der Waals surface area contributed by atoms with Crippen LogP contribution in [0, 0.1) is 18.3 Å². The summed E-state index contributed by atoms with van der Waals surface area (Å²) in [6.45, 7) is 4.30. The fourth-order valence-corrected chi connectivity index (χ4v) is 3.69. The van der Waals surface area contributed by atoms with Crippen LogP contribution < -0.4 is 10.6 Å². The van der Waals surface area contributed by atoms with Crippen molar-refractivity contribution in [2.24, 2.45) is 0 Å². The molecule has 1 saturated heterocycles. The smallest absolute Gasteiger partial charge is 0.158 e. The van der Waals surface area contributed by atoms with E-state index < -0.39 is 0 Å². The minimum absolute atomic E-state index is 0.285. The number of likely N-dealkylation sites (tertiary alicyclic amines) is 1. The van der Waals surface area contributed by atoms with Gasteiger partial charge < -0.3 is 15.5 Å². The quantitative estimate of drug-likeness (QED) is 0.671. The third kappa shape index (κ3) is 4.56. The molecule has 3 aromatic rings. The maximum atomic E-state index is 8.89. The SMILES string of the molecule is Cc1ccccc1-c1cnc(Nc2cnc(C#N)cn2)cc1NC1CCN(C)CC1. The molecule has 0 saturated carbocycles. The number of nitrogens with zero attached hydrogens (tertiary/aromatic N) is 5. The largest absolute Gasteiger partial charge is 0.382 e. The van der Waals surface area contributed by atoms with Crippen molar-refractivity contribution in [2.75, 3.05) is 30.8 Å². The minimum atomic E-state index is 0.285. The first-order chi connectivity index (χ1) is 14.6. The lowest BCUT2D eigenvalue weighted by Crippen LogP contribution is -2.36. The van der Waals surface area contributed by atoms with Gasteiger partial charge in [0.25, 0.3) is 0 Å². The molecule has 0 spiro atoms. The second-order valence-electron chi connectivity index (χ2n) is 7.68. The molecule has 0 unspecified atom stereocenters. The molecule has 2 N–H and O–H groups in total. The van der Waals surface area contributed by atoms with Crippen LogP contribution in [0.3, 0.4) is 0 Å².